The fraction of sp³-hybridized carbons (Fsp3) is 0.0833. The number of nitrogens with zero attached hydrogens (tertiary/aromatic N) is 1. The molecule has 0 amide bonds. The summed E-state index contributed by atoms with van der Waals surface area (Å²) in [5, 5.41) is 7.87. The van der Waals surface area contributed by atoms with Gasteiger partial charge in [0.05, 0.1) is 24.0 Å². The Morgan fingerprint density at radius 1 is 1.24 bits per heavy atom. The van der Waals surface area contributed by atoms with E-state index in [1.165, 1.54) is 0 Å². The first kappa shape index (κ1) is 9.77. The van der Waals surface area contributed by atoms with Crippen LogP contribution in [-0.4, -0.2) is 22.3 Å². The standard InChI is InChI=1S/C12H12N4O/c1-17-10-4-2-3-7-5-8(14-12(7)10)9-6-11(13)16-15-9/h2-6,14H,1H3,(H3,13,15,16). The van der Waals surface area contributed by atoms with Crippen LogP contribution >= 0.6 is 0 Å². The molecule has 0 atom stereocenters. The summed E-state index contributed by atoms with van der Waals surface area (Å²) in [5.41, 5.74) is 8.36. The number of nitrogen functional groups attached to an aromatic ring is 1. The average Bonchev–Trinajstić information content (AvgIpc) is 2.93. The normalized spacial score (nSPS) is 10.9. The molecule has 0 aliphatic rings. The lowest BCUT2D eigenvalue weighted by Gasteiger charge is -1.99. The third-order valence-corrected chi connectivity index (χ3v) is 2.73. The van der Waals surface area contributed by atoms with Gasteiger partial charge in [-0.25, -0.2) is 0 Å². The van der Waals surface area contributed by atoms with Gasteiger partial charge >= 0.3 is 0 Å². The van der Waals surface area contributed by atoms with Gasteiger partial charge in [0.15, 0.2) is 0 Å². The number of hydrogen-bond donors (Lipinski definition) is 3. The van der Waals surface area contributed by atoms with Crippen molar-refractivity contribution in [2.75, 3.05) is 12.8 Å². The minimum atomic E-state index is 0.477. The van der Waals surface area contributed by atoms with Crippen molar-refractivity contribution < 1.29 is 4.74 Å². The van der Waals surface area contributed by atoms with Gasteiger partial charge in [0.2, 0.25) is 0 Å². The molecule has 17 heavy (non-hydrogen) atoms. The molecule has 0 unspecified atom stereocenters. The zero-order chi connectivity index (χ0) is 11.8. The number of fused-ring (bicyclic) bond motifs is 1. The maximum atomic E-state index is 5.59. The van der Waals surface area contributed by atoms with Crippen LogP contribution in [0.5, 0.6) is 5.75 Å². The molecule has 0 radical (unpaired) electrons. The molecule has 5 nitrogen and oxygen atoms in total. The fourth-order valence-electron chi connectivity index (χ4n) is 1.92. The minimum absolute atomic E-state index is 0.477. The van der Waals surface area contributed by atoms with Gasteiger partial charge in [-0.2, -0.15) is 5.10 Å². The number of nitrogens with two attached hydrogens (primary N) is 1. The SMILES string of the molecule is COc1cccc2cc(-c3cc(N)n[nH]3)[nH]c12. The Labute approximate surface area is 97.6 Å². The summed E-state index contributed by atoms with van der Waals surface area (Å²) in [6.07, 6.45) is 0. The lowest BCUT2D eigenvalue weighted by atomic mass is 10.2. The molecular weight excluding hydrogens is 216 g/mol. The average molecular weight is 228 g/mol. The van der Waals surface area contributed by atoms with E-state index in [-0.39, 0.29) is 0 Å². The molecule has 0 saturated carbocycles. The number of nitrogens with one attached hydrogen (secondary N) is 2. The molecular formula is C12H12N4O. The second-order valence-electron chi connectivity index (χ2n) is 3.81. The van der Waals surface area contributed by atoms with Crippen molar-refractivity contribution in [1.82, 2.24) is 15.2 Å². The molecule has 2 aromatic heterocycles. The first-order valence-electron chi connectivity index (χ1n) is 5.25. The van der Waals surface area contributed by atoms with Gasteiger partial charge < -0.3 is 15.5 Å². The second kappa shape index (κ2) is 3.55. The molecule has 5 heteroatoms. The van der Waals surface area contributed by atoms with Crippen LogP contribution < -0.4 is 10.5 Å². The highest BCUT2D eigenvalue weighted by atomic mass is 16.5. The predicted octanol–water partition coefficient (Wildman–Crippen LogP) is 2.15. The zero-order valence-corrected chi connectivity index (χ0v) is 9.32. The van der Waals surface area contributed by atoms with Crippen molar-refractivity contribution in [3.05, 3.63) is 30.3 Å². The van der Waals surface area contributed by atoms with E-state index in [0.717, 1.165) is 28.0 Å². The summed E-state index contributed by atoms with van der Waals surface area (Å²) in [7, 11) is 1.66. The Balaban J connectivity index is 2.19. The van der Waals surface area contributed by atoms with E-state index in [2.05, 4.69) is 15.2 Å². The van der Waals surface area contributed by atoms with Gasteiger partial charge in [0.1, 0.15) is 11.6 Å². The molecule has 3 rings (SSSR count). The summed E-state index contributed by atoms with van der Waals surface area (Å²) >= 11 is 0. The number of para-hydroxylation sites is 1. The smallest absolute Gasteiger partial charge is 0.145 e. The Morgan fingerprint density at radius 3 is 2.82 bits per heavy atom. The topological polar surface area (TPSA) is 79.7 Å². The lowest BCUT2D eigenvalue weighted by Crippen LogP contribution is -1.83. The van der Waals surface area contributed by atoms with E-state index in [9.17, 15) is 0 Å². The number of aromatic amines is 2. The van der Waals surface area contributed by atoms with E-state index < -0.39 is 0 Å². The van der Waals surface area contributed by atoms with Gasteiger partial charge in [-0.3, -0.25) is 5.10 Å². The highest BCUT2D eigenvalue weighted by molar-refractivity contribution is 5.89. The summed E-state index contributed by atoms with van der Waals surface area (Å²) < 4.78 is 5.30. The van der Waals surface area contributed by atoms with Gasteiger partial charge in [-0.05, 0) is 12.1 Å². The maximum Gasteiger partial charge on any atom is 0.145 e. The molecule has 4 N–H and O–H groups in total. The maximum absolute atomic E-state index is 5.59. The highest BCUT2D eigenvalue weighted by Crippen LogP contribution is 2.29. The first-order valence-corrected chi connectivity index (χ1v) is 5.25. The first-order chi connectivity index (χ1) is 8.28. The molecule has 0 fully saturated rings. The quantitative estimate of drug-likeness (QED) is 0.628. The monoisotopic (exact) mass is 228 g/mol. The molecule has 1 aromatic carbocycles. The van der Waals surface area contributed by atoms with E-state index in [1.807, 2.05) is 24.3 Å². The summed E-state index contributed by atoms with van der Waals surface area (Å²) in [6.45, 7) is 0. The number of rotatable bonds is 2. The van der Waals surface area contributed by atoms with Crippen LogP contribution in [0, 0.1) is 0 Å². The van der Waals surface area contributed by atoms with E-state index in [1.54, 1.807) is 13.2 Å². The Kier molecular flexibility index (Phi) is 2.04. The number of benzene rings is 1. The van der Waals surface area contributed by atoms with Crippen molar-refractivity contribution in [2.24, 2.45) is 0 Å². The van der Waals surface area contributed by atoms with Crippen LogP contribution in [0.15, 0.2) is 30.3 Å². The molecule has 0 bridgehead atoms. The van der Waals surface area contributed by atoms with Crippen molar-refractivity contribution >= 4 is 16.7 Å². The van der Waals surface area contributed by atoms with Gasteiger partial charge in [0.25, 0.3) is 0 Å². The summed E-state index contributed by atoms with van der Waals surface area (Å²) in [5.74, 6) is 1.30. The molecule has 2 heterocycles. The van der Waals surface area contributed by atoms with Crippen molar-refractivity contribution in [1.29, 1.82) is 0 Å². The highest BCUT2D eigenvalue weighted by Gasteiger charge is 2.08. The van der Waals surface area contributed by atoms with Crippen LogP contribution in [0.25, 0.3) is 22.3 Å². The van der Waals surface area contributed by atoms with E-state index >= 15 is 0 Å². The number of aromatic nitrogens is 3. The lowest BCUT2D eigenvalue weighted by molar-refractivity contribution is 0.419. The van der Waals surface area contributed by atoms with Crippen LogP contribution in [0.4, 0.5) is 5.82 Å². The predicted molar refractivity (Wildman–Crippen MR) is 66.8 cm³/mol. The molecule has 0 saturated heterocycles. The largest absolute Gasteiger partial charge is 0.495 e. The molecule has 3 aromatic rings. The second-order valence-corrected chi connectivity index (χ2v) is 3.81. The fourth-order valence-corrected chi connectivity index (χ4v) is 1.92. The Hall–Kier alpha value is -2.43. The van der Waals surface area contributed by atoms with Crippen molar-refractivity contribution in [3.8, 4) is 17.1 Å². The Bertz CT molecular complexity index is 668. The number of ether oxygens (including phenoxy) is 1. The van der Waals surface area contributed by atoms with Crippen LogP contribution in [0.1, 0.15) is 0 Å². The number of H-pyrrole nitrogens is 2. The molecule has 0 spiro atoms. The van der Waals surface area contributed by atoms with Crippen LogP contribution in [0.2, 0.25) is 0 Å². The number of anilines is 1. The van der Waals surface area contributed by atoms with Crippen molar-refractivity contribution in [2.45, 2.75) is 0 Å². The molecule has 0 aliphatic carbocycles. The minimum Gasteiger partial charge on any atom is -0.495 e. The number of methoxy groups -OCH3 is 1. The summed E-state index contributed by atoms with van der Waals surface area (Å²) in [6, 6.07) is 9.73. The van der Waals surface area contributed by atoms with Crippen molar-refractivity contribution in [3.63, 3.8) is 0 Å². The van der Waals surface area contributed by atoms with Gasteiger partial charge in [0, 0.05) is 11.5 Å². The van der Waals surface area contributed by atoms with Crippen LogP contribution in [0.3, 0.4) is 0 Å². The van der Waals surface area contributed by atoms with Crippen LogP contribution in [-0.2, 0) is 0 Å². The molecule has 86 valence electrons. The van der Waals surface area contributed by atoms with Gasteiger partial charge in [-0.15, -0.1) is 0 Å². The number of hydrogen-bond acceptors (Lipinski definition) is 3. The third kappa shape index (κ3) is 1.52. The zero-order valence-electron chi connectivity index (χ0n) is 9.32. The molecule has 0 aliphatic heterocycles. The summed E-state index contributed by atoms with van der Waals surface area (Å²) in [4.78, 5) is 3.29. The van der Waals surface area contributed by atoms with E-state index in [0.29, 0.717) is 5.82 Å². The van der Waals surface area contributed by atoms with E-state index in [4.69, 9.17) is 10.5 Å². The van der Waals surface area contributed by atoms with Gasteiger partial charge in [-0.1, -0.05) is 12.1 Å². The third-order valence-electron chi connectivity index (χ3n) is 2.73. The Morgan fingerprint density at radius 2 is 2.12 bits per heavy atom.